The lowest BCUT2D eigenvalue weighted by molar-refractivity contribution is 0.660. The number of hydrogen-bond acceptors (Lipinski definition) is 1. The molecule has 2 aliphatic rings. The zero-order valence-electron chi connectivity index (χ0n) is 37.7. The molecule has 2 heterocycles. The Morgan fingerprint density at radius 2 is 0.985 bits per heavy atom. The van der Waals surface area contributed by atoms with Gasteiger partial charge < -0.3 is 9.47 Å². The molecular formula is C63H48N2Si. The smallest absolute Gasteiger partial charge is 0.114 e. The fourth-order valence-corrected chi connectivity index (χ4v) is 15.2. The van der Waals surface area contributed by atoms with Gasteiger partial charge in [0.25, 0.3) is 0 Å². The molecule has 11 aromatic rings. The molecule has 0 spiro atoms. The number of rotatable bonds is 6. The van der Waals surface area contributed by atoms with Crippen LogP contribution in [-0.2, 0) is 5.41 Å². The molecule has 3 heteroatoms. The lowest BCUT2D eigenvalue weighted by Gasteiger charge is -2.29. The van der Waals surface area contributed by atoms with E-state index in [2.05, 4.69) is 255 Å². The van der Waals surface area contributed by atoms with E-state index in [9.17, 15) is 0 Å². The third-order valence-electron chi connectivity index (χ3n) is 14.9. The van der Waals surface area contributed by atoms with Gasteiger partial charge in [0.05, 0.1) is 11.0 Å². The SMILES string of the molecule is CC1(C)c2ccccc2-c2ccc(N(c3cccc(-c4ccccc4)c3)c3cccc(-c4ccc5c(c4)c4cc6ccc7c(c6cc4n5-c4ccccc4)[Si](C)(C)c4ccccc4-7)c3)cc21. The van der Waals surface area contributed by atoms with Gasteiger partial charge in [0.1, 0.15) is 8.07 Å². The predicted octanol–water partition coefficient (Wildman–Crippen LogP) is 15.8. The first kappa shape index (κ1) is 38.7. The van der Waals surface area contributed by atoms with Crippen LogP contribution in [0.3, 0.4) is 0 Å². The maximum atomic E-state index is 2.53. The van der Waals surface area contributed by atoms with Gasteiger partial charge in [-0.2, -0.15) is 0 Å². The summed E-state index contributed by atoms with van der Waals surface area (Å²) >= 11 is 0. The van der Waals surface area contributed by atoms with Gasteiger partial charge in [0.15, 0.2) is 0 Å². The number of benzene rings is 10. The Balaban J connectivity index is 0.987. The van der Waals surface area contributed by atoms with E-state index in [1.54, 1.807) is 5.19 Å². The molecule has 10 aromatic carbocycles. The highest BCUT2D eigenvalue weighted by atomic mass is 28.3. The minimum Gasteiger partial charge on any atom is -0.310 e. The quantitative estimate of drug-likeness (QED) is 0.151. The van der Waals surface area contributed by atoms with Crippen molar-refractivity contribution in [3.8, 4) is 50.2 Å². The van der Waals surface area contributed by atoms with Gasteiger partial charge in [-0.05, 0) is 150 Å². The molecule has 314 valence electrons. The summed E-state index contributed by atoms with van der Waals surface area (Å²) in [5, 5.41) is 8.32. The second-order valence-electron chi connectivity index (χ2n) is 19.4. The molecule has 0 saturated heterocycles. The molecule has 0 bridgehead atoms. The monoisotopic (exact) mass is 860 g/mol. The van der Waals surface area contributed by atoms with E-state index in [0.29, 0.717) is 0 Å². The second kappa shape index (κ2) is 14.4. The largest absolute Gasteiger partial charge is 0.310 e. The lowest BCUT2D eigenvalue weighted by atomic mass is 9.82. The molecule has 0 N–H and O–H groups in total. The van der Waals surface area contributed by atoms with Crippen LogP contribution in [0.2, 0.25) is 13.1 Å². The van der Waals surface area contributed by atoms with Crippen molar-refractivity contribution in [3.63, 3.8) is 0 Å². The third kappa shape index (κ3) is 5.73. The van der Waals surface area contributed by atoms with E-state index in [1.807, 2.05) is 0 Å². The number of hydrogen-bond donors (Lipinski definition) is 0. The van der Waals surface area contributed by atoms with Gasteiger partial charge in [0, 0.05) is 38.9 Å². The van der Waals surface area contributed by atoms with Crippen LogP contribution in [0.1, 0.15) is 25.0 Å². The fourth-order valence-electron chi connectivity index (χ4n) is 11.7. The molecule has 0 unspecified atom stereocenters. The third-order valence-corrected chi connectivity index (χ3v) is 18.5. The van der Waals surface area contributed by atoms with Gasteiger partial charge in [0.2, 0.25) is 0 Å². The predicted molar refractivity (Wildman–Crippen MR) is 284 cm³/mol. The normalized spacial score (nSPS) is 14.0. The van der Waals surface area contributed by atoms with Crippen LogP contribution in [0.15, 0.2) is 218 Å². The van der Waals surface area contributed by atoms with Gasteiger partial charge in [-0.3, -0.25) is 0 Å². The van der Waals surface area contributed by atoms with E-state index in [0.717, 1.165) is 17.1 Å². The molecule has 1 aliphatic heterocycles. The number of para-hydroxylation sites is 1. The first-order valence-electron chi connectivity index (χ1n) is 23.3. The maximum absolute atomic E-state index is 2.53. The Morgan fingerprint density at radius 3 is 1.76 bits per heavy atom. The van der Waals surface area contributed by atoms with Crippen molar-refractivity contribution in [3.05, 3.63) is 230 Å². The highest BCUT2D eigenvalue weighted by Gasteiger charge is 2.39. The van der Waals surface area contributed by atoms with E-state index in [4.69, 9.17) is 0 Å². The van der Waals surface area contributed by atoms with Gasteiger partial charge in [-0.15, -0.1) is 0 Å². The van der Waals surface area contributed by atoms with Crippen molar-refractivity contribution in [2.24, 2.45) is 0 Å². The van der Waals surface area contributed by atoms with Crippen molar-refractivity contribution in [1.82, 2.24) is 4.57 Å². The van der Waals surface area contributed by atoms with E-state index < -0.39 is 8.07 Å². The van der Waals surface area contributed by atoms with Gasteiger partial charge in [-0.1, -0.05) is 173 Å². The molecule has 1 aliphatic carbocycles. The standard InChI is InChI=1S/C63H48N2Si/c1-63(2)57-27-13-11-25-50(57)51-33-31-49(39-58(51)63)64(47-23-15-19-42(35-47)41-17-7-5-8-18-41)48-24-16-20-43(36-48)44-30-34-59-55(37-44)56-38-45-29-32-53-52-26-12-14-28-61(52)66(3,4)62(53)54(45)40-60(56)65(59)46-21-9-6-10-22-46/h5-40H,1-4H3. The number of nitrogens with zero attached hydrogens (tertiary/aromatic N) is 2. The van der Waals surface area contributed by atoms with Crippen LogP contribution in [-0.4, -0.2) is 12.6 Å². The highest BCUT2D eigenvalue weighted by molar-refractivity contribution is 7.05. The summed E-state index contributed by atoms with van der Waals surface area (Å²) in [7, 11) is -1.95. The molecule has 0 atom stereocenters. The zero-order valence-corrected chi connectivity index (χ0v) is 38.7. The average molecular weight is 861 g/mol. The summed E-state index contributed by atoms with van der Waals surface area (Å²) in [6, 6.07) is 81.7. The Labute approximate surface area is 387 Å². The zero-order chi connectivity index (χ0) is 44.3. The molecule has 13 rings (SSSR count). The summed E-state index contributed by atoms with van der Waals surface area (Å²) in [6.07, 6.45) is 0. The van der Waals surface area contributed by atoms with Crippen LogP contribution in [0, 0.1) is 0 Å². The number of fused-ring (bicyclic) bond motifs is 11. The average Bonchev–Trinajstić information content (AvgIpc) is 3.90. The van der Waals surface area contributed by atoms with E-state index in [-0.39, 0.29) is 5.41 Å². The van der Waals surface area contributed by atoms with Crippen molar-refractivity contribution < 1.29 is 0 Å². The second-order valence-corrected chi connectivity index (χ2v) is 23.6. The minimum absolute atomic E-state index is 0.121. The first-order chi connectivity index (χ1) is 32.2. The Kier molecular flexibility index (Phi) is 8.44. The summed E-state index contributed by atoms with van der Waals surface area (Å²) < 4.78 is 2.48. The minimum atomic E-state index is -1.95. The summed E-state index contributed by atoms with van der Waals surface area (Å²) in [6.45, 7) is 9.79. The van der Waals surface area contributed by atoms with Crippen LogP contribution in [0.25, 0.3) is 82.8 Å². The summed E-state index contributed by atoms with van der Waals surface area (Å²) in [5.41, 5.74) is 19.9. The Hall–Kier alpha value is -7.72. The molecule has 0 radical (unpaired) electrons. The maximum Gasteiger partial charge on any atom is 0.114 e. The number of anilines is 3. The Bertz CT molecular complexity index is 3760. The van der Waals surface area contributed by atoms with Crippen LogP contribution in [0.4, 0.5) is 17.1 Å². The molecule has 66 heavy (non-hydrogen) atoms. The van der Waals surface area contributed by atoms with Crippen molar-refractivity contribution >= 4 is 68.1 Å². The van der Waals surface area contributed by atoms with Crippen molar-refractivity contribution in [2.75, 3.05) is 4.90 Å². The molecule has 0 fully saturated rings. The van der Waals surface area contributed by atoms with Crippen LogP contribution >= 0.6 is 0 Å². The molecule has 0 amide bonds. The van der Waals surface area contributed by atoms with Crippen LogP contribution < -0.4 is 15.3 Å². The van der Waals surface area contributed by atoms with Crippen molar-refractivity contribution in [1.29, 1.82) is 0 Å². The highest BCUT2D eigenvalue weighted by Crippen LogP contribution is 2.51. The molecular weight excluding hydrogens is 813 g/mol. The molecule has 2 nitrogen and oxygen atoms in total. The van der Waals surface area contributed by atoms with Crippen molar-refractivity contribution in [2.45, 2.75) is 32.4 Å². The summed E-state index contributed by atoms with van der Waals surface area (Å²) in [5.74, 6) is 0. The molecule has 1 aromatic heterocycles. The molecule has 0 saturated carbocycles. The van der Waals surface area contributed by atoms with Gasteiger partial charge in [-0.25, -0.2) is 0 Å². The topological polar surface area (TPSA) is 8.17 Å². The number of aromatic nitrogens is 1. The van der Waals surface area contributed by atoms with Crippen LogP contribution in [0.5, 0.6) is 0 Å². The van der Waals surface area contributed by atoms with E-state index in [1.165, 1.54) is 99.1 Å². The van der Waals surface area contributed by atoms with Gasteiger partial charge >= 0.3 is 0 Å². The lowest BCUT2D eigenvalue weighted by Crippen LogP contribution is -2.49. The Morgan fingerprint density at radius 1 is 0.394 bits per heavy atom. The van der Waals surface area contributed by atoms with E-state index >= 15 is 0 Å². The summed E-state index contributed by atoms with van der Waals surface area (Å²) in [4.78, 5) is 2.45. The fraction of sp³-hybridized carbons (Fsp3) is 0.0794. The first-order valence-corrected chi connectivity index (χ1v) is 26.3.